The van der Waals surface area contributed by atoms with Crippen LogP contribution in [-0.4, -0.2) is 25.1 Å². The molecule has 0 aromatic heterocycles. The van der Waals surface area contributed by atoms with Gasteiger partial charge in [-0.3, -0.25) is 4.90 Å². The van der Waals surface area contributed by atoms with Crippen LogP contribution in [0.4, 0.5) is 4.79 Å². The molecule has 0 N–H and O–H groups in total. The van der Waals surface area contributed by atoms with Crippen LogP contribution in [0.5, 0.6) is 5.75 Å². The maximum atomic E-state index is 13.6. The zero-order valence-corrected chi connectivity index (χ0v) is 21.5. The fourth-order valence-corrected chi connectivity index (χ4v) is 9.58. The first-order valence-corrected chi connectivity index (χ1v) is 15.9. The molecule has 2 heterocycles. The van der Waals surface area contributed by atoms with E-state index in [9.17, 15) is 4.79 Å². The Hall–Kier alpha value is -2.85. The zero-order chi connectivity index (χ0) is 23.7. The van der Waals surface area contributed by atoms with E-state index in [-0.39, 0.29) is 18.2 Å². The monoisotopic (exact) mass is 469 g/mol. The van der Waals surface area contributed by atoms with Crippen molar-refractivity contribution < 1.29 is 9.53 Å². The molecule has 2 aliphatic heterocycles. The number of carbonyl (C=O) groups excluding carboxylic acids is 1. The molecule has 1 aliphatic carbocycles. The number of hydrogen-bond donors (Lipinski definition) is 0. The van der Waals surface area contributed by atoms with Crippen molar-refractivity contribution >= 4 is 19.4 Å². The van der Waals surface area contributed by atoms with E-state index in [1.165, 1.54) is 22.4 Å². The Morgan fingerprint density at radius 1 is 0.912 bits per heavy atom. The molecule has 3 nitrogen and oxygen atoms in total. The van der Waals surface area contributed by atoms with Crippen LogP contribution in [0.25, 0.3) is 0 Å². The van der Waals surface area contributed by atoms with E-state index in [4.69, 9.17) is 4.74 Å². The molecular formula is C30H35NO2Si. The SMILES string of the molecule is CCC[C@H]1C2c3ccccc3C(CC2C[Si](C)(C)c2ccccc2)N1C(=O)Oc1ccccc1. The van der Waals surface area contributed by atoms with Crippen molar-refractivity contribution in [1.29, 1.82) is 0 Å². The van der Waals surface area contributed by atoms with Crippen molar-refractivity contribution in [2.75, 3.05) is 0 Å². The largest absolute Gasteiger partial charge is 0.416 e. The average Bonchev–Trinajstić information content (AvgIpc) is 2.85. The van der Waals surface area contributed by atoms with E-state index in [1.807, 2.05) is 30.3 Å². The smallest absolute Gasteiger partial charge is 0.410 e. The third kappa shape index (κ3) is 4.20. The molecule has 3 aromatic carbocycles. The average molecular weight is 470 g/mol. The van der Waals surface area contributed by atoms with Crippen molar-refractivity contribution in [1.82, 2.24) is 4.90 Å². The van der Waals surface area contributed by atoms with Crippen LogP contribution >= 0.6 is 0 Å². The van der Waals surface area contributed by atoms with Gasteiger partial charge in [0.25, 0.3) is 0 Å². The summed E-state index contributed by atoms with van der Waals surface area (Å²) in [5.41, 5.74) is 2.78. The third-order valence-corrected chi connectivity index (χ3v) is 11.4. The number of amides is 1. The number of benzene rings is 3. The van der Waals surface area contributed by atoms with Gasteiger partial charge < -0.3 is 4.74 Å². The predicted octanol–water partition coefficient (Wildman–Crippen LogP) is 7.13. The van der Waals surface area contributed by atoms with Gasteiger partial charge in [0.1, 0.15) is 5.75 Å². The molecule has 3 unspecified atom stereocenters. The Morgan fingerprint density at radius 2 is 1.53 bits per heavy atom. The van der Waals surface area contributed by atoms with Crippen molar-refractivity contribution in [3.05, 3.63) is 96.1 Å². The number of hydrogen-bond acceptors (Lipinski definition) is 2. The lowest BCUT2D eigenvalue weighted by atomic mass is 9.64. The maximum absolute atomic E-state index is 13.6. The van der Waals surface area contributed by atoms with E-state index >= 15 is 0 Å². The molecular weight excluding hydrogens is 434 g/mol. The van der Waals surface area contributed by atoms with Crippen molar-refractivity contribution in [3.63, 3.8) is 0 Å². The van der Waals surface area contributed by atoms with Gasteiger partial charge in [0.2, 0.25) is 0 Å². The Labute approximate surface area is 204 Å². The minimum Gasteiger partial charge on any atom is -0.410 e. The van der Waals surface area contributed by atoms with E-state index in [0.29, 0.717) is 17.6 Å². The molecule has 1 fully saturated rings. The summed E-state index contributed by atoms with van der Waals surface area (Å²) in [7, 11) is -1.62. The topological polar surface area (TPSA) is 29.5 Å². The summed E-state index contributed by atoms with van der Waals surface area (Å²) in [6, 6.07) is 30.9. The minimum absolute atomic E-state index is 0.0829. The predicted molar refractivity (Wildman–Crippen MR) is 141 cm³/mol. The number of piperidine rings is 1. The highest BCUT2D eigenvalue weighted by molar-refractivity contribution is 6.89. The molecule has 4 atom stereocenters. The Balaban J connectivity index is 1.50. The number of fused-ring (bicyclic) bond motifs is 2. The van der Waals surface area contributed by atoms with Crippen LogP contribution in [0.3, 0.4) is 0 Å². The molecule has 34 heavy (non-hydrogen) atoms. The molecule has 0 spiro atoms. The van der Waals surface area contributed by atoms with Gasteiger partial charge in [-0.2, -0.15) is 0 Å². The molecule has 3 aliphatic rings. The van der Waals surface area contributed by atoms with Crippen LogP contribution in [0.1, 0.15) is 49.3 Å². The summed E-state index contributed by atoms with van der Waals surface area (Å²) in [5.74, 6) is 1.56. The minimum atomic E-state index is -1.62. The molecule has 1 saturated heterocycles. The summed E-state index contributed by atoms with van der Waals surface area (Å²) < 4.78 is 5.90. The summed E-state index contributed by atoms with van der Waals surface area (Å²) in [4.78, 5) is 15.7. The third-order valence-electron chi connectivity index (χ3n) is 7.93. The van der Waals surface area contributed by atoms with Crippen LogP contribution in [-0.2, 0) is 0 Å². The lowest BCUT2D eigenvalue weighted by molar-refractivity contribution is 0.0235. The Morgan fingerprint density at radius 3 is 2.21 bits per heavy atom. The number of ether oxygens (including phenoxy) is 1. The second-order valence-corrected chi connectivity index (χ2v) is 15.3. The molecule has 0 saturated carbocycles. The van der Waals surface area contributed by atoms with E-state index < -0.39 is 8.07 Å². The number of nitrogens with zero attached hydrogens (tertiary/aromatic N) is 1. The van der Waals surface area contributed by atoms with Crippen LogP contribution < -0.4 is 9.92 Å². The van der Waals surface area contributed by atoms with Crippen molar-refractivity contribution in [2.24, 2.45) is 5.92 Å². The quantitative estimate of drug-likeness (QED) is 0.359. The number of carbonyl (C=O) groups is 1. The van der Waals surface area contributed by atoms with Gasteiger partial charge in [0.05, 0.1) is 14.1 Å². The highest BCUT2D eigenvalue weighted by Crippen LogP contribution is 2.56. The van der Waals surface area contributed by atoms with E-state index in [1.54, 1.807) is 0 Å². The first kappa shape index (κ1) is 22.9. The van der Waals surface area contributed by atoms with Gasteiger partial charge in [0.15, 0.2) is 0 Å². The highest BCUT2D eigenvalue weighted by atomic mass is 28.3. The van der Waals surface area contributed by atoms with Gasteiger partial charge in [0, 0.05) is 12.0 Å². The summed E-state index contributed by atoms with van der Waals surface area (Å²) in [6.07, 6.45) is 2.88. The van der Waals surface area contributed by atoms with Gasteiger partial charge in [-0.15, -0.1) is 0 Å². The lowest BCUT2D eigenvalue weighted by Gasteiger charge is -2.56. The Bertz CT molecular complexity index is 1130. The fraction of sp³-hybridized carbons (Fsp3) is 0.367. The second kappa shape index (κ2) is 9.42. The van der Waals surface area contributed by atoms with Gasteiger partial charge in [-0.1, -0.05) is 110 Å². The van der Waals surface area contributed by atoms with Crippen molar-refractivity contribution in [3.8, 4) is 5.75 Å². The summed E-state index contributed by atoms with van der Waals surface area (Å²) in [5, 5.41) is 1.53. The maximum Gasteiger partial charge on any atom is 0.416 e. The van der Waals surface area contributed by atoms with Crippen molar-refractivity contribution in [2.45, 2.75) is 63.3 Å². The van der Waals surface area contributed by atoms with Crippen LogP contribution in [0, 0.1) is 5.92 Å². The Kier molecular flexibility index (Phi) is 6.35. The van der Waals surface area contributed by atoms with Gasteiger partial charge in [-0.05, 0) is 42.0 Å². The molecule has 4 heteroatoms. The number of para-hydroxylation sites is 1. The molecule has 1 amide bonds. The molecule has 176 valence electrons. The normalized spacial score (nSPS) is 23.4. The standard InChI is InChI=1S/C30H35NO2Si/c1-4-13-27-29-22(21-34(2,3)24-16-9-6-10-17-24)20-28(25-18-11-12-19-26(25)29)31(27)30(32)33-23-14-7-5-8-15-23/h5-12,14-19,22,27-29H,4,13,20-21H2,1-3H3/t22?,27-,28?,29?/m0/s1. The molecule has 0 radical (unpaired) electrons. The summed E-state index contributed by atoms with van der Waals surface area (Å²) in [6.45, 7) is 7.24. The number of rotatable bonds is 6. The van der Waals surface area contributed by atoms with E-state index in [0.717, 1.165) is 19.3 Å². The fourth-order valence-electron chi connectivity index (χ4n) is 6.51. The molecule has 3 aromatic rings. The highest BCUT2D eigenvalue weighted by Gasteiger charge is 2.52. The van der Waals surface area contributed by atoms with Gasteiger partial charge in [-0.25, -0.2) is 4.79 Å². The first-order valence-electron chi connectivity index (χ1n) is 12.7. The molecule has 2 bridgehead atoms. The second-order valence-electron chi connectivity index (χ2n) is 10.6. The molecule has 6 rings (SSSR count). The zero-order valence-electron chi connectivity index (χ0n) is 20.5. The van der Waals surface area contributed by atoms with Gasteiger partial charge >= 0.3 is 6.09 Å². The first-order chi connectivity index (χ1) is 16.5. The van der Waals surface area contributed by atoms with E-state index in [2.05, 4.69) is 79.5 Å². The summed E-state index contributed by atoms with van der Waals surface area (Å²) >= 11 is 0. The van der Waals surface area contributed by atoms with Crippen LogP contribution in [0.15, 0.2) is 84.9 Å². The van der Waals surface area contributed by atoms with Crippen LogP contribution in [0.2, 0.25) is 19.1 Å². The lowest BCUT2D eigenvalue weighted by Crippen LogP contribution is -2.58.